The van der Waals surface area contributed by atoms with Gasteiger partial charge in [-0.1, -0.05) is 27.7 Å². The molecule has 2 N–H and O–H groups in total. The van der Waals surface area contributed by atoms with E-state index in [1.54, 1.807) is 24.3 Å². The lowest BCUT2D eigenvalue weighted by molar-refractivity contribution is -0.575. The Kier molecular flexibility index (Phi) is 12.8. The molecule has 15 nitrogen and oxygen atoms in total. The van der Waals surface area contributed by atoms with E-state index in [9.17, 15) is 9.59 Å². The van der Waals surface area contributed by atoms with Gasteiger partial charge < -0.3 is 44.0 Å². The third-order valence-electron chi connectivity index (χ3n) is 16.9. The van der Waals surface area contributed by atoms with Gasteiger partial charge in [0.25, 0.3) is 11.8 Å². The molecule has 2 saturated carbocycles. The Hall–Kier alpha value is -3.38. The fourth-order valence-electron chi connectivity index (χ4n) is 13.1. The average Bonchev–Trinajstić information content (AvgIpc) is 3.68. The predicted octanol–water partition coefficient (Wildman–Crippen LogP) is 7.73. The molecule has 4 bridgehead atoms. The fraction of sp³-hybridized carbons (Fsp3) is 0.725. The maximum Gasteiger partial charge on any atom is 0.251 e. The molecule has 0 aromatic heterocycles. The van der Waals surface area contributed by atoms with Crippen molar-refractivity contribution in [2.75, 3.05) is 33.2 Å². The van der Waals surface area contributed by atoms with Crippen molar-refractivity contribution < 1.29 is 57.6 Å². The molecule has 12 rings (SSSR count). The lowest BCUT2D eigenvalue weighted by Crippen LogP contribution is -2.70. The van der Waals surface area contributed by atoms with E-state index in [-0.39, 0.29) is 35.5 Å². The SMILES string of the molecule is C[C@@H]1CCC2[C@@H](C)[C@@H](Oc3ccc(C(=O)NCCCN(C)CCCNC(=O)c4ccc(O[C@H]5OC6O[C@@]7(C)CCC8[C@H](C)CCC([C@H]5C)[C@@]68OO7)cc4)cc3)OC3O[C@@]4(C)CCC1[C@]32OO4. The molecule has 66 heavy (non-hydrogen) atoms. The molecule has 16 atom stereocenters. The van der Waals surface area contributed by atoms with Crippen molar-refractivity contribution in [1.29, 1.82) is 0 Å². The van der Waals surface area contributed by atoms with Gasteiger partial charge in [-0.2, -0.15) is 0 Å². The third-order valence-corrected chi connectivity index (χ3v) is 16.9. The smallest absolute Gasteiger partial charge is 0.251 e. The summed E-state index contributed by atoms with van der Waals surface area (Å²) in [6, 6.07) is 14.5. The Balaban J connectivity index is 0.626. The molecule has 2 amide bonds. The van der Waals surface area contributed by atoms with Crippen molar-refractivity contribution in [3.05, 3.63) is 59.7 Å². The minimum absolute atomic E-state index is 0.0465. The van der Waals surface area contributed by atoms with Crippen LogP contribution in [0, 0.1) is 47.3 Å². The number of nitrogens with zero attached hydrogens (tertiary/aromatic N) is 1. The topological polar surface area (TPSA) is 154 Å². The first-order valence-electron chi connectivity index (χ1n) is 24.9. The van der Waals surface area contributed by atoms with Gasteiger partial charge in [-0.15, -0.1) is 0 Å². The molecule has 0 radical (unpaired) electrons. The van der Waals surface area contributed by atoms with Crippen LogP contribution in [0.2, 0.25) is 0 Å². The highest BCUT2D eigenvalue weighted by Crippen LogP contribution is 2.62. The van der Waals surface area contributed by atoms with Gasteiger partial charge >= 0.3 is 0 Å². The van der Waals surface area contributed by atoms with Gasteiger partial charge in [0, 0.05) is 60.7 Å². The molecular weight excluding hydrogens is 847 g/mol. The second-order valence-corrected chi connectivity index (χ2v) is 21.4. The number of benzene rings is 2. The van der Waals surface area contributed by atoms with Crippen molar-refractivity contribution in [3.8, 4) is 11.5 Å². The normalized spacial score (nSPS) is 42.1. The Morgan fingerprint density at radius 1 is 0.591 bits per heavy atom. The first-order valence-corrected chi connectivity index (χ1v) is 24.9. The Bertz CT molecular complexity index is 1920. The predicted molar refractivity (Wildman–Crippen MR) is 239 cm³/mol. The molecule has 15 heteroatoms. The Morgan fingerprint density at radius 2 is 1.00 bits per heavy atom. The van der Waals surface area contributed by atoms with Gasteiger partial charge in [0.15, 0.2) is 23.8 Å². The van der Waals surface area contributed by atoms with Gasteiger partial charge in [-0.25, -0.2) is 19.6 Å². The molecule has 8 saturated heterocycles. The highest BCUT2D eigenvalue weighted by atomic mass is 17.3. The molecule has 8 heterocycles. The molecule has 6 unspecified atom stereocenters. The van der Waals surface area contributed by atoms with Crippen LogP contribution in [0.4, 0.5) is 0 Å². The van der Waals surface area contributed by atoms with Gasteiger partial charge in [-0.05, 0) is 158 Å². The summed E-state index contributed by atoms with van der Waals surface area (Å²) in [6.07, 6.45) is 7.10. The standard InChI is InChI=1S/C51H71N3O12/c1-30-10-20-40-32(3)44(59-46-50(40)38(30)22-24-48(5,61-46)63-65-50)57-36-16-12-34(13-17-36)42(55)52-26-8-28-54(7)29-9-27-53-43(56)35-14-18-37(19-15-35)58-45-33(4)41-21-11-31(2)39-23-25-49(6)62-47(60-45)51(39,41)66-64-49/h12-19,30-33,38-41,44-47H,8-11,20-29H2,1-7H3,(H,52,55)(H,53,56)/t30-,31-,32-,33-,38?,39?,40?,41?,44+,45+,46?,47?,48-,49-,50-,51-/m1/s1. The molecule has 362 valence electrons. The summed E-state index contributed by atoms with van der Waals surface area (Å²) >= 11 is 0. The molecule has 10 aliphatic rings. The highest BCUT2D eigenvalue weighted by Gasteiger charge is 2.71. The number of carbonyl (C=O) groups is 2. The van der Waals surface area contributed by atoms with Crippen molar-refractivity contribution >= 4 is 11.8 Å². The van der Waals surface area contributed by atoms with Crippen molar-refractivity contribution in [1.82, 2.24) is 15.5 Å². The summed E-state index contributed by atoms with van der Waals surface area (Å²) in [5.74, 6) is 1.32. The third kappa shape index (κ3) is 8.35. The van der Waals surface area contributed by atoms with E-state index in [0.717, 1.165) is 77.3 Å². The van der Waals surface area contributed by atoms with Crippen LogP contribution >= 0.6 is 0 Å². The molecular formula is C51H71N3O12. The van der Waals surface area contributed by atoms with Gasteiger partial charge in [0.05, 0.1) is 0 Å². The van der Waals surface area contributed by atoms with Crippen LogP contribution in [0.15, 0.2) is 48.5 Å². The van der Waals surface area contributed by atoms with Crippen LogP contribution in [0.3, 0.4) is 0 Å². The number of ether oxygens (including phenoxy) is 6. The molecule has 2 aromatic rings. The van der Waals surface area contributed by atoms with E-state index >= 15 is 0 Å². The molecule has 10 fully saturated rings. The number of hydrogen-bond acceptors (Lipinski definition) is 13. The zero-order valence-electron chi connectivity index (χ0n) is 39.8. The van der Waals surface area contributed by atoms with Gasteiger partial charge in [0.2, 0.25) is 24.2 Å². The highest BCUT2D eigenvalue weighted by molar-refractivity contribution is 5.94. The van der Waals surface area contributed by atoms with Crippen LogP contribution in [0.1, 0.15) is 126 Å². The summed E-state index contributed by atoms with van der Waals surface area (Å²) in [5.41, 5.74) is -0.145. The second-order valence-electron chi connectivity index (χ2n) is 21.4. The second kappa shape index (κ2) is 18.2. The summed E-state index contributed by atoms with van der Waals surface area (Å²) in [5, 5.41) is 6.09. The van der Waals surface area contributed by atoms with E-state index in [4.69, 9.17) is 48.0 Å². The van der Waals surface area contributed by atoms with Crippen LogP contribution in [0.5, 0.6) is 11.5 Å². The first-order chi connectivity index (χ1) is 31.7. The van der Waals surface area contributed by atoms with E-state index in [0.29, 0.717) is 59.4 Å². The van der Waals surface area contributed by atoms with Crippen molar-refractivity contribution in [2.45, 2.75) is 154 Å². The average molecular weight is 918 g/mol. The number of rotatable bonds is 14. The minimum Gasteiger partial charge on any atom is -0.465 e. The minimum atomic E-state index is -0.841. The zero-order chi connectivity index (χ0) is 46.0. The number of carbonyl (C=O) groups excluding carboxylic acids is 2. The fourth-order valence-corrected chi connectivity index (χ4v) is 13.1. The number of amides is 2. The van der Waals surface area contributed by atoms with Gasteiger partial charge in [0.1, 0.15) is 11.5 Å². The lowest BCUT2D eigenvalue weighted by atomic mass is 9.58. The van der Waals surface area contributed by atoms with Crippen LogP contribution in [-0.4, -0.2) is 97.9 Å². The summed E-state index contributed by atoms with van der Waals surface area (Å²) < 4.78 is 39.0. The summed E-state index contributed by atoms with van der Waals surface area (Å²) in [6.45, 7) is 15.5. The van der Waals surface area contributed by atoms with E-state index in [2.05, 4.69) is 50.3 Å². The van der Waals surface area contributed by atoms with Gasteiger partial charge in [-0.3, -0.25) is 9.59 Å². The summed E-state index contributed by atoms with van der Waals surface area (Å²) in [7, 11) is 2.05. The number of hydrogen-bond donors (Lipinski definition) is 2. The largest absolute Gasteiger partial charge is 0.465 e. The van der Waals surface area contributed by atoms with E-state index < -0.39 is 47.9 Å². The maximum absolute atomic E-state index is 13.0. The zero-order valence-corrected chi connectivity index (χ0v) is 39.8. The molecule has 2 spiro atoms. The number of fused-ring (bicyclic) bond motifs is 4. The monoisotopic (exact) mass is 918 g/mol. The maximum atomic E-state index is 13.0. The first kappa shape index (κ1) is 46.4. The van der Waals surface area contributed by atoms with Crippen LogP contribution < -0.4 is 20.1 Å². The molecule has 2 aliphatic carbocycles. The van der Waals surface area contributed by atoms with Crippen LogP contribution in [0.25, 0.3) is 0 Å². The number of nitrogens with one attached hydrogen (secondary N) is 2. The lowest BCUT2D eigenvalue weighted by Gasteiger charge is -2.60. The van der Waals surface area contributed by atoms with Crippen molar-refractivity contribution in [2.24, 2.45) is 47.3 Å². The molecule has 8 aliphatic heterocycles. The Labute approximate surface area is 389 Å². The van der Waals surface area contributed by atoms with E-state index in [1.165, 1.54) is 0 Å². The Morgan fingerprint density at radius 3 is 1.41 bits per heavy atom. The van der Waals surface area contributed by atoms with Crippen molar-refractivity contribution in [3.63, 3.8) is 0 Å². The quantitative estimate of drug-likeness (QED) is 0.141. The summed E-state index contributed by atoms with van der Waals surface area (Å²) in [4.78, 5) is 52.7. The van der Waals surface area contributed by atoms with E-state index in [1.807, 2.05) is 38.1 Å². The van der Waals surface area contributed by atoms with Crippen LogP contribution in [-0.2, 0) is 38.5 Å². The molecule has 2 aromatic carbocycles.